The smallest absolute Gasteiger partial charge is 0.303 e. The van der Waals surface area contributed by atoms with Crippen LogP contribution in [0.2, 0.25) is 0 Å². The Bertz CT molecular complexity index is 285. The molecule has 1 N–H and O–H groups in total. The number of carboxylic acid groups (broad SMARTS) is 1. The molecule has 0 rings (SSSR count). The minimum atomic E-state index is -0.718. The first-order chi connectivity index (χ1) is 8.27. The topological polar surface area (TPSA) is 37.3 Å². The Morgan fingerprint density at radius 1 is 0.941 bits per heavy atom. The van der Waals surface area contributed by atoms with Gasteiger partial charge in [0.25, 0.3) is 0 Å². The second-order valence-electron chi connectivity index (χ2n) is 3.70. The van der Waals surface area contributed by atoms with Gasteiger partial charge in [-0.2, -0.15) is 0 Å². The molecule has 0 unspecified atom stereocenters. The van der Waals surface area contributed by atoms with Gasteiger partial charge in [-0.15, -0.1) is 6.58 Å². The highest BCUT2D eigenvalue weighted by Crippen LogP contribution is 1.98. The summed E-state index contributed by atoms with van der Waals surface area (Å²) in [5.41, 5.74) is 0. The predicted octanol–water partition coefficient (Wildman–Crippen LogP) is 4.27. The molecule has 2 heteroatoms. The highest BCUT2D eigenvalue weighted by molar-refractivity contribution is 5.66. The monoisotopic (exact) mass is 234 g/mol. The number of aliphatic carboxylic acids is 1. The van der Waals surface area contributed by atoms with Crippen LogP contribution in [0.5, 0.6) is 0 Å². The first-order valence-electron chi connectivity index (χ1n) is 6.05. The average molecular weight is 234 g/mol. The van der Waals surface area contributed by atoms with E-state index in [1.165, 1.54) is 0 Å². The van der Waals surface area contributed by atoms with E-state index in [2.05, 4.69) is 37.0 Å². The zero-order valence-corrected chi connectivity index (χ0v) is 10.3. The molecule has 0 spiro atoms. The van der Waals surface area contributed by atoms with Gasteiger partial charge in [0.2, 0.25) is 0 Å². The lowest BCUT2D eigenvalue weighted by Crippen LogP contribution is -1.92. The molecule has 0 amide bonds. The molecule has 0 heterocycles. The number of allylic oxidation sites excluding steroid dienone is 7. The van der Waals surface area contributed by atoms with Gasteiger partial charge in [-0.05, 0) is 32.1 Å². The largest absolute Gasteiger partial charge is 0.481 e. The van der Waals surface area contributed by atoms with Crippen molar-refractivity contribution in [3.63, 3.8) is 0 Å². The molecule has 0 aliphatic carbocycles. The molecule has 17 heavy (non-hydrogen) atoms. The van der Waals surface area contributed by atoms with Gasteiger partial charge >= 0.3 is 5.97 Å². The summed E-state index contributed by atoms with van der Waals surface area (Å²) < 4.78 is 0. The number of hydrogen-bond donors (Lipinski definition) is 1. The third-order valence-corrected chi connectivity index (χ3v) is 2.11. The van der Waals surface area contributed by atoms with Crippen LogP contribution in [-0.2, 0) is 4.79 Å². The van der Waals surface area contributed by atoms with Crippen molar-refractivity contribution in [2.45, 2.75) is 38.5 Å². The third-order valence-electron chi connectivity index (χ3n) is 2.11. The van der Waals surface area contributed by atoms with E-state index in [4.69, 9.17) is 5.11 Å². The van der Waals surface area contributed by atoms with Crippen molar-refractivity contribution in [3.05, 3.63) is 49.1 Å². The van der Waals surface area contributed by atoms with E-state index < -0.39 is 5.97 Å². The van der Waals surface area contributed by atoms with Crippen LogP contribution < -0.4 is 0 Å². The second kappa shape index (κ2) is 12.5. The number of hydrogen-bond acceptors (Lipinski definition) is 1. The van der Waals surface area contributed by atoms with Crippen molar-refractivity contribution in [3.8, 4) is 0 Å². The summed E-state index contributed by atoms with van der Waals surface area (Å²) in [5.74, 6) is -0.718. The quantitative estimate of drug-likeness (QED) is 0.453. The first-order valence-corrected chi connectivity index (χ1v) is 6.05. The first kappa shape index (κ1) is 15.4. The molecule has 0 aromatic rings. The molecule has 0 aliphatic heterocycles. The summed E-state index contributed by atoms with van der Waals surface area (Å²) >= 11 is 0. The molecule has 0 bridgehead atoms. The lowest BCUT2D eigenvalue weighted by atomic mass is 10.2. The van der Waals surface area contributed by atoms with Crippen LogP contribution in [0.25, 0.3) is 0 Å². The normalized spacial score (nSPS) is 11.8. The van der Waals surface area contributed by atoms with Gasteiger partial charge in [0.15, 0.2) is 0 Å². The van der Waals surface area contributed by atoms with Crippen molar-refractivity contribution in [1.29, 1.82) is 0 Å². The fourth-order valence-corrected chi connectivity index (χ4v) is 1.22. The van der Waals surface area contributed by atoms with Crippen molar-refractivity contribution >= 4 is 5.97 Å². The summed E-state index contributed by atoms with van der Waals surface area (Å²) in [6.07, 6.45) is 19.1. The minimum Gasteiger partial charge on any atom is -0.481 e. The molecule has 94 valence electrons. The molecule has 0 fully saturated rings. The van der Waals surface area contributed by atoms with Crippen molar-refractivity contribution < 1.29 is 9.90 Å². The molecule has 0 aliphatic rings. The van der Waals surface area contributed by atoms with Crippen LogP contribution in [0.15, 0.2) is 49.1 Å². The Hall–Kier alpha value is -1.57. The number of rotatable bonds is 10. The van der Waals surface area contributed by atoms with Crippen molar-refractivity contribution in [2.75, 3.05) is 0 Å². The minimum absolute atomic E-state index is 0.258. The fourth-order valence-electron chi connectivity index (χ4n) is 1.22. The van der Waals surface area contributed by atoms with Crippen LogP contribution in [0.1, 0.15) is 38.5 Å². The Morgan fingerprint density at radius 3 is 2.00 bits per heavy atom. The summed E-state index contributed by atoms with van der Waals surface area (Å²) in [4.78, 5) is 10.2. The standard InChI is InChI=1S/C15H22O2/c1-2-3-4-5-6-7-8-9-10-11-12-13-14-15(16)17/h2,4-5,7-8,10-11H,1,3,6,9,12-14H2,(H,16,17)/b5-4-,8-7-,11-10-. The highest BCUT2D eigenvalue weighted by Gasteiger charge is 1.92. The zero-order valence-electron chi connectivity index (χ0n) is 10.3. The number of carbonyl (C=O) groups is 1. The van der Waals surface area contributed by atoms with E-state index in [1.54, 1.807) is 0 Å². The molecule has 0 atom stereocenters. The number of unbranched alkanes of at least 4 members (excludes halogenated alkanes) is 1. The molecule has 2 nitrogen and oxygen atoms in total. The van der Waals surface area contributed by atoms with Crippen LogP contribution in [0.3, 0.4) is 0 Å². The molecule has 0 aromatic carbocycles. The molecule has 0 radical (unpaired) electrons. The zero-order chi connectivity index (χ0) is 12.8. The van der Waals surface area contributed by atoms with Crippen LogP contribution in [-0.4, -0.2) is 11.1 Å². The Morgan fingerprint density at radius 2 is 1.47 bits per heavy atom. The average Bonchev–Trinajstić information content (AvgIpc) is 2.30. The van der Waals surface area contributed by atoms with Gasteiger partial charge in [0.05, 0.1) is 0 Å². The molecule has 0 saturated heterocycles. The summed E-state index contributed by atoms with van der Waals surface area (Å²) in [5, 5.41) is 8.43. The van der Waals surface area contributed by atoms with E-state index in [0.29, 0.717) is 0 Å². The molecule has 0 aromatic heterocycles. The Kier molecular flexibility index (Phi) is 11.3. The van der Waals surface area contributed by atoms with E-state index in [-0.39, 0.29) is 6.42 Å². The maximum absolute atomic E-state index is 10.2. The van der Waals surface area contributed by atoms with Crippen LogP contribution in [0, 0.1) is 0 Å². The van der Waals surface area contributed by atoms with Gasteiger partial charge in [-0.1, -0.05) is 42.5 Å². The SMILES string of the molecule is C=CC/C=C\C/C=C\C/C=C\CCCC(=O)O. The Balaban J connectivity index is 3.36. The van der Waals surface area contributed by atoms with E-state index >= 15 is 0 Å². The lowest BCUT2D eigenvalue weighted by Gasteiger charge is -1.89. The maximum atomic E-state index is 10.2. The third kappa shape index (κ3) is 14.4. The predicted molar refractivity (Wildman–Crippen MR) is 73.0 cm³/mol. The van der Waals surface area contributed by atoms with E-state index in [9.17, 15) is 4.79 Å². The van der Waals surface area contributed by atoms with Gasteiger partial charge in [-0.25, -0.2) is 0 Å². The van der Waals surface area contributed by atoms with Crippen LogP contribution in [0.4, 0.5) is 0 Å². The van der Waals surface area contributed by atoms with Crippen molar-refractivity contribution in [2.24, 2.45) is 0 Å². The maximum Gasteiger partial charge on any atom is 0.303 e. The van der Waals surface area contributed by atoms with Crippen LogP contribution >= 0.6 is 0 Å². The molecular weight excluding hydrogens is 212 g/mol. The summed E-state index contributed by atoms with van der Waals surface area (Å²) in [7, 11) is 0. The second-order valence-corrected chi connectivity index (χ2v) is 3.70. The molecule has 0 saturated carbocycles. The fraction of sp³-hybridized carbons (Fsp3) is 0.400. The van der Waals surface area contributed by atoms with Gasteiger partial charge in [-0.3, -0.25) is 4.79 Å². The lowest BCUT2D eigenvalue weighted by molar-refractivity contribution is -0.137. The van der Waals surface area contributed by atoms with E-state index in [1.807, 2.05) is 12.2 Å². The Labute approximate surface area is 104 Å². The van der Waals surface area contributed by atoms with E-state index in [0.717, 1.165) is 32.1 Å². The summed E-state index contributed by atoms with van der Waals surface area (Å²) in [6.45, 7) is 3.64. The van der Waals surface area contributed by atoms with Gasteiger partial charge < -0.3 is 5.11 Å². The van der Waals surface area contributed by atoms with Crippen molar-refractivity contribution in [1.82, 2.24) is 0 Å². The highest BCUT2D eigenvalue weighted by atomic mass is 16.4. The summed E-state index contributed by atoms with van der Waals surface area (Å²) in [6, 6.07) is 0. The molecular formula is C15H22O2. The van der Waals surface area contributed by atoms with Gasteiger partial charge in [0.1, 0.15) is 0 Å². The van der Waals surface area contributed by atoms with Gasteiger partial charge in [0, 0.05) is 6.42 Å². The number of carboxylic acids is 1.